The lowest BCUT2D eigenvalue weighted by Crippen LogP contribution is -2.49. The molecule has 0 N–H and O–H groups in total. The molecular formula is C19H26N6O2. The van der Waals surface area contributed by atoms with Gasteiger partial charge in [-0.2, -0.15) is 0 Å². The summed E-state index contributed by atoms with van der Waals surface area (Å²) in [5.41, 5.74) is 0.958. The highest BCUT2D eigenvalue weighted by atomic mass is 16.5. The molecule has 2 saturated heterocycles. The Hall–Kier alpha value is -2.32. The molecule has 0 bridgehead atoms. The summed E-state index contributed by atoms with van der Waals surface area (Å²) in [6, 6.07) is 3.61. The number of carbonyl (C=O) groups is 1. The number of aromatic nitrogens is 4. The molecule has 0 aromatic carbocycles. The van der Waals surface area contributed by atoms with Crippen LogP contribution in [-0.4, -0.2) is 74.8 Å². The van der Waals surface area contributed by atoms with Crippen LogP contribution in [0.15, 0.2) is 30.9 Å². The molecule has 4 heterocycles. The average Bonchev–Trinajstić information content (AvgIpc) is 3.16. The molecule has 8 heteroatoms. The Kier molecular flexibility index (Phi) is 5.45. The lowest BCUT2D eigenvalue weighted by Gasteiger charge is -2.39. The first-order chi connectivity index (χ1) is 13.2. The number of pyridine rings is 1. The van der Waals surface area contributed by atoms with Crippen molar-refractivity contribution in [2.75, 3.05) is 39.4 Å². The van der Waals surface area contributed by atoms with Crippen molar-refractivity contribution in [1.29, 1.82) is 0 Å². The summed E-state index contributed by atoms with van der Waals surface area (Å²) in [6.45, 7) is 4.35. The van der Waals surface area contributed by atoms with Gasteiger partial charge in [-0.05, 0) is 24.5 Å². The number of ether oxygens (including phenoxy) is 1. The Morgan fingerprint density at radius 1 is 1.22 bits per heavy atom. The molecule has 1 unspecified atom stereocenters. The molecule has 0 aliphatic carbocycles. The summed E-state index contributed by atoms with van der Waals surface area (Å²) in [4.78, 5) is 21.9. The molecule has 144 valence electrons. The van der Waals surface area contributed by atoms with E-state index in [9.17, 15) is 4.79 Å². The second kappa shape index (κ2) is 8.14. The van der Waals surface area contributed by atoms with Crippen molar-refractivity contribution in [3.8, 4) is 0 Å². The number of piperidine rings is 1. The molecule has 0 radical (unpaired) electrons. The topological polar surface area (TPSA) is 76.4 Å². The SMILES string of the molecule is Cn1cnnc1C1CCN(C(=O)C(c2cccnc2)N2CCOCC2)CC1. The van der Waals surface area contributed by atoms with Crippen LogP contribution in [0.3, 0.4) is 0 Å². The third-order valence-corrected chi connectivity index (χ3v) is 5.56. The summed E-state index contributed by atoms with van der Waals surface area (Å²) in [6.07, 6.45) is 7.13. The highest BCUT2D eigenvalue weighted by molar-refractivity contribution is 5.83. The van der Waals surface area contributed by atoms with Gasteiger partial charge in [0.2, 0.25) is 5.91 Å². The predicted molar refractivity (Wildman–Crippen MR) is 98.9 cm³/mol. The molecule has 0 spiro atoms. The van der Waals surface area contributed by atoms with Crippen molar-refractivity contribution < 1.29 is 9.53 Å². The molecule has 27 heavy (non-hydrogen) atoms. The summed E-state index contributed by atoms with van der Waals surface area (Å²) in [7, 11) is 1.98. The number of nitrogens with zero attached hydrogens (tertiary/aromatic N) is 6. The molecule has 2 aromatic rings. The molecule has 2 aliphatic rings. The van der Waals surface area contributed by atoms with Gasteiger partial charge in [0.05, 0.1) is 13.2 Å². The molecule has 1 amide bonds. The van der Waals surface area contributed by atoms with Gasteiger partial charge in [0.1, 0.15) is 18.2 Å². The van der Waals surface area contributed by atoms with E-state index < -0.39 is 0 Å². The van der Waals surface area contributed by atoms with Crippen LogP contribution in [0.2, 0.25) is 0 Å². The fourth-order valence-corrected chi connectivity index (χ4v) is 4.08. The zero-order valence-corrected chi connectivity index (χ0v) is 15.7. The summed E-state index contributed by atoms with van der Waals surface area (Å²) >= 11 is 0. The van der Waals surface area contributed by atoms with E-state index in [0.717, 1.165) is 50.4 Å². The minimum Gasteiger partial charge on any atom is -0.379 e. The monoisotopic (exact) mass is 370 g/mol. The fraction of sp³-hybridized carbons (Fsp3) is 0.579. The van der Waals surface area contributed by atoms with E-state index in [2.05, 4.69) is 20.1 Å². The van der Waals surface area contributed by atoms with Gasteiger partial charge in [0.15, 0.2) is 0 Å². The second-order valence-electron chi connectivity index (χ2n) is 7.24. The van der Waals surface area contributed by atoms with E-state index in [4.69, 9.17) is 4.74 Å². The highest BCUT2D eigenvalue weighted by Crippen LogP contribution is 2.30. The molecule has 4 rings (SSSR count). The quantitative estimate of drug-likeness (QED) is 0.799. The van der Waals surface area contributed by atoms with E-state index in [-0.39, 0.29) is 11.9 Å². The Bertz CT molecular complexity index is 751. The molecule has 2 aliphatic heterocycles. The van der Waals surface area contributed by atoms with E-state index in [1.165, 1.54) is 0 Å². The van der Waals surface area contributed by atoms with Crippen molar-refractivity contribution in [3.05, 3.63) is 42.2 Å². The lowest BCUT2D eigenvalue weighted by molar-refractivity contribution is -0.140. The number of rotatable bonds is 4. The lowest BCUT2D eigenvalue weighted by atomic mass is 9.94. The van der Waals surface area contributed by atoms with E-state index in [0.29, 0.717) is 19.1 Å². The Balaban J connectivity index is 1.48. The summed E-state index contributed by atoms with van der Waals surface area (Å²) in [5.74, 6) is 1.54. The molecule has 2 aromatic heterocycles. The Morgan fingerprint density at radius 2 is 2.00 bits per heavy atom. The first-order valence-electron chi connectivity index (χ1n) is 9.58. The van der Waals surface area contributed by atoms with Crippen LogP contribution in [0, 0.1) is 0 Å². The molecule has 0 saturated carbocycles. The van der Waals surface area contributed by atoms with Gasteiger partial charge in [0.25, 0.3) is 0 Å². The number of hydrogen-bond donors (Lipinski definition) is 0. The van der Waals surface area contributed by atoms with Crippen molar-refractivity contribution >= 4 is 5.91 Å². The van der Waals surface area contributed by atoms with Gasteiger partial charge >= 0.3 is 0 Å². The Morgan fingerprint density at radius 3 is 2.63 bits per heavy atom. The average molecular weight is 370 g/mol. The summed E-state index contributed by atoms with van der Waals surface area (Å²) in [5, 5.41) is 8.23. The van der Waals surface area contributed by atoms with Crippen LogP contribution in [0.4, 0.5) is 0 Å². The number of hydrogen-bond acceptors (Lipinski definition) is 6. The van der Waals surface area contributed by atoms with E-state index >= 15 is 0 Å². The van der Waals surface area contributed by atoms with E-state index in [1.54, 1.807) is 12.5 Å². The van der Waals surface area contributed by atoms with Gasteiger partial charge in [0, 0.05) is 51.5 Å². The van der Waals surface area contributed by atoms with Crippen LogP contribution in [0.25, 0.3) is 0 Å². The minimum absolute atomic E-state index is 0.168. The normalized spacial score (nSPS) is 20.6. The van der Waals surface area contributed by atoms with Crippen molar-refractivity contribution in [1.82, 2.24) is 29.5 Å². The highest BCUT2D eigenvalue weighted by Gasteiger charge is 2.35. The first-order valence-corrected chi connectivity index (χ1v) is 9.58. The molecular weight excluding hydrogens is 344 g/mol. The van der Waals surface area contributed by atoms with Gasteiger partial charge in [-0.1, -0.05) is 6.07 Å². The van der Waals surface area contributed by atoms with Crippen molar-refractivity contribution in [2.24, 2.45) is 7.05 Å². The van der Waals surface area contributed by atoms with Gasteiger partial charge in [-0.25, -0.2) is 0 Å². The number of aryl methyl sites for hydroxylation is 1. The maximum atomic E-state index is 13.4. The van der Waals surface area contributed by atoms with Gasteiger partial charge < -0.3 is 14.2 Å². The van der Waals surface area contributed by atoms with Crippen LogP contribution < -0.4 is 0 Å². The van der Waals surface area contributed by atoms with Gasteiger partial charge in [-0.15, -0.1) is 10.2 Å². The largest absolute Gasteiger partial charge is 0.379 e. The van der Waals surface area contributed by atoms with Crippen LogP contribution in [0.1, 0.15) is 36.2 Å². The molecule has 2 fully saturated rings. The first kappa shape index (κ1) is 18.1. The number of likely N-dealkylation sites (tertiary alicyclic amines) is 1. The van der Waals surface area contributed by atoms with Crippen LogP contribution in [0.5, 0.6) is 0 Å². The van der Waals surface area contributed by atoms with Crippen LogP contribution >= 0.6 is 0 Å². The van der Waals surface area contributed by atoms with Crippen molar-refractivity contribution in [3.63, 3.8) is 0 Å². The summed E-state index contributed by atoms with van der Waals surface area (Å²) < 4.78 is 7.46. The standard InChI is InChI=1S/C19H26N6O2/c1-23-14-21-22-18(23)15-4-7-25(8-5-15)19(26)17(16-3-2-6-20-13-16)24-9-11-27-12-10-24/h2-3,6,13-15,17H,4-5,7-12H2,1H3. The van der Waals surface area contributed by atoms with E-state index in [1.807, 2.05) is 34.8 Å². The molecule has 8 nitrogen and oxygen atoms in total. The number of amides is 1. The predicted octanol–water partition coefficient (Wildman–Crippen LogP) is 0.990. The van der Waals surface area contributed by atoms with Crippen LogP contribution in [-0.2, 0) is 16.6 Å². The third-order valence-electron chi connectivity index (χ3n) is 5.56. The minimum atomic E-state index is -0.283. The zero-order valence-electron chi connectivity index (χ0n) is 15.7. The van der Waals surface area contributed by atoms with Gasteiger partial charge in [-0.3, -0.25) is 14.7 Å². The smallest absolute Gasteiger partial charge is 0.244 e. The fourth-order valence-electron chi connectivity index (χ4n) is 4.08. The second-order valence-corrected chi connectivity index (χ2v) is 7.24. The maximum Gasteiger partial charge on any atom is 0.244 e. The van der Waals surface area contributed by atoms with Crippen molar-refractivity contribution in [2.45, 2.75) is 24.8 Å². The zero-order chi connectivity index (χ0) is 18.6. The molecule has 1 atom stereocenters. The Labute approximate surface area is 159 Å². The third kappa shape index (κ3) is 3.86. The number of carbonyl (C=O) groups excluding carboxylic acids is 1. The number of morpholine rings is 1. The maximum absolute atomic E-state index is 13.4.